The molecule has 5 aromatic rings. The van der Waals surface area contributed by atoms with Crippen LogP contribution in [-0.2, 0) is 6.18 Å². The minimum absolute atomic E-state index is 0.0203. The topological polar surface area (TPSA) is 115 Å². The Morgan fingerprint density at radius 3 is 2.56 bits per heavy atom. The van der Waals surface area contributed by atoms with Crippen LogP contribution in [0.1, 0.15) is 49.1 Å². The Morgan fingerprint density at radius 2 is 1.81 bits per heavy atom. The number of aromatic amines is 1. The highest BCUT2D eigenvalue weighted by molar-refractivity contribution is 6.31. The van der Waals surface area contributed by atoms with Crippen LogP contribution in [0.2, 0.25) is 5.02 Å². The molecule has 1 aliphatic heterocycles. The van der Waals surface area contributed by atoms with E-state index in [0.717, 1.165) is 12.1 Å². The van der Waals surface area contributed by atoms with Crippen LogP contribution in [0.4, 0.5) is 27.6 Å². The van der Waals surface area contributed by atoms with Crippen LogP contribution in [0.3, 0.4) is 0 Å². The van der Waals surface area contributed by atoms with Gasteiger partial charge in [0.25, 0.3) is 11.8 Å². The third-order valence-corrected chi connectivity index (χ3v) is 7.24. The maximum Gasteiger partial charge on any atom is 0.416 e. The quantitative estimate of drug-likeness (QED) is 0.179. The molecular weight excluding hydrogens is 595 g/mol. The molecule has 0 bridgehead atoms. The number of carbonyl (C=O) groups excluding carboxylic acids is 2. The fraction of sp³-hybridized carbons (Fsp3) is 0.0690. The Balaban J connectivity index is 1.55. The number of alkyl halides is 3. The van der Waals surface area contributed by atoms with Crippen molar-refractivity contribution in [2.75, 3.05) is 5.32 Å². The summed E-state index contributed by atoms with van der Waals surface area (Å²) < 4.78 is 69.8. The van der Waals surface area contributed by atoms with E-state index in [0.29, 0.717) is 23.3 Å². The molecule has 8 nitrogen and oxygen atoms in total. The minimum atomic E-state index is -4.93. The molecule has 214 valence electrons. The Hall–Kier alpha value is -5.35. The van der Waals surface area contributed by atoms with Gasteiger partial charge >= 0.3 is 11.8 Å². The second-order valence-corrected chi connectivity index (χ2v) is 9.93. The number of benzene rings is 3. The lowest BCUT2D eigenvalue weighted by Gasteiger charge is -2.19. The van der Waals surface area contributed by atoms with Crippen LogP contribution in [0, 0.1) is 23.0 Å². The van der Waals surface area contributed by atoms with Crippen LogP contribution in [0.25, 0.3) is 16.8 Å². The monoisotopic (exact) mass is 609 g/mol. The number of fused-ring (bicyclic) bond motifs is 2. The summed E-state index contributed by atoms with van der Waals surface area (Å²) in [5.74, 6) is -3.70. The summed E-state index contributed by atoms with van der Waals surface area (Å²) in [4.78, 5) is 30.6. The van der Waals surface area contributed by atoms with Gasteiger partial charge in [-0.25, -0.2) is 8.78 Å². The van der Waals surface area contributed by atoms with E-state index in [4.69, 9.17) is 11.6 Å². The number of rotatable bonds is 4. The third-order valence-electron chi connectivity index (χ3n) is 6.90. The van der Waals surface area contributed by atoms with Gasteiger partial charge in [0.1, 0.15) is 17.7 Å². The van der Waals surface area contributed by atoms with E-state index in [-0.39, 0.29) is 44.7 Å². The molecule has 0 spiro atoms. The van der Waals surface area contributed by atoms with Gasteiger partial charge in [-0.1, -0.05) is 11.6 Å². The molecule has 3 aromatic carbocycles. The van der Waals surface area contributed by atoms with E-state index in [9.17, 15) is 36.8 Å². The summed E-state index contributed by atoms with van der Waals surface area (Å²) >= 11 is 6.33. The number of carbonyl (C=O) groups is 2. The summed E-state index contributed by atoms with van der Waals surface area (Å²) in [5.41, 5.74) is -0.693. The predicted molar refractivity (Wildman–Crippen MR) is 142 cm³/mol. The number of nitrogens with zero attached hydrogens (tertiary/aromatic N) is 3. The number of anilines is 1. The number of amides is 2. The number of nitriles is 1. The van der Waals surface area contributed by atoms with Crippen molar-refractivity contribution in [3.63, 3.8) is 0 Å². The second-order valence-electron chi connectivity index (χ2n) is 9.53. The highest BCUT2D eigenvalue weighted by Crippen LogP contribution is 2.42. The molecule has 2 amide bonds. The molecule has 0 saturated heterocycles. The average molecular weight is 610 g/mol. The summed E-state index contributed by atoms with van der Waals surface area (Å²) in [6.07, 6.45) is -3.56. The van der Waals surface area contributed by atoms with Gasteiger partial charge in [0.2, 0.25) is 12.0 Å². The van der Waals surface area contributed by atoms with E-state index in [1.54, 1.807) is 12.1 Å². The van der Waals surface area contributed by atoms with Gasteiger partial charge in [-0.3, -0.25) is 9.59 Å². The summed E-state index contributed by atoms with van der Waals surface area (Å²) in [6.45, 7) is 0. The molecule has 0 saturated carbocycles. The Morgan fingerprint density at radius 1 is 1.02 bits per heavy atom. The van der Waals surface area contributed by atoms with Crippen molar-refractivity contribution in [1.82, 2.24) is 15.4 Å². The van der Waals surface area contributed by atoms with Crippen molar-refractivity contribution in [1.29, 1.82) is 5.26 Å². The van der Waals surface area contributed by atoms with Crippen molar-refractivity contribution in [2.45, 2.75) is 12.2 Å². The summed E-state index contributed by atoms with van der Waals surface area (Å²) in [6, 6.07) is 11.9. The smallest absolute Gasteiger partial charge is 0.341 e. The number of halogens is 6. The lowest BCUT2D eigenvalue weighted by atomic mass is 9.92. The van der Waals surface area contributed by atoms with Crippen LogP contribution < -0.4 is 15.1 Å². The van der Waals surface area contributed by atoms with Crippen LogP contribution in [0.15, 0.2) is 67.0 Å². The lowest BCUT2D eigenvalue weighted by Crippen LogP contribution is -2.28. The first kappa shape index (κ1) is 27.8. The van der Waals surface area contributed by atoms with Gasteiger partial charge in [-0.15, -0.1) is 4.52 Å². The maximum absolute atomic E-state index is 14.2. The summed E-state index contributed by atoms with van der Waals surface area (Å²) in [5, 5.41) is 18.0. The van der Waals surface area contributed by atoms with E-state index in [2.05, 4.69) is 26.8 Å². The molecule has 1 aliphatic rings. The Kier molecular flexibility index (Phi) is 6.58. The number of hydrogen-bond acceptors (Lipinski definition) is 4. The highest BCUT2D eigenvalue weighted by Gasteiger charge is 2.36. The molecule has 14 heteroatoms. The molecule has 0 radical (unpaired) electrons. The van der Waals surface area contributed by atoms with E-state index < -0.39 is 46.8 Å². The van der Waals surface area contributed by atoms with Gasteiger partial charge in [0.05, 0.1) is 11.6 Å². The number of aromatic nitrogens is 3. The third kappa shape index (κ3) is 4.91. The fourth-order valence-electron chi connectivity index (χ4n) is 5.01. The molecule has 3 N–H and O–H groups in total. The van der Waals surface area contributed by atoms with Crippen molar-refractivity contribution in [2.24, 2.45) is 0 Å². The first-order valence-corrected chi connectivity index (χ1v) is 12.7. The zero-order valence-electron chi connectivity index (χ0n) is 21.4. The largest absolute Gasteiger partial charge is 0.416 e. The minimum Gasteiger partial charge on any atom is -0.341 e. The highest BCUT2D eigenvalue weighted by atomic mass is 35.5. The zero-order valence-corrected chi connectivity index (χ0v) is 22.1. The average Bonchev–Trinajstić information content (AvgIpc) is 3.57. The van der Waals surface area contributed by atoms with E-state index >= 15 is 0 Å². The first-order valence-electron chi connectivity index (χ1n) is 12.4. The lowest BCUT2D eigenvalue weighted by molar-refractivity contribution is -0.579. The zero-order chi connectivity index (χ0) is 30.6. The van der Waals surface area contributed by atoms with Crippen LogP contribution >= 0.6 is 11.6 Å². The first-order chi connectivity index (χ1) is 20.4. The Labute approximate surface area is 243 Å². The predicted octanol–water partition coefficient (Wildman–Crippen LogP) is 5.72. The molecule has 6 rings (SSSR count). The summed E-state index contributed by atoms with van der Waals surface area (Å²) in [7, 11) is 0. The standard InChI is InChI=1S/C29H14ClF5N6O2/c30-21-3-1-16(31)10-19(21)26-25-20(28(43)40-26)7-13(18-2-4-24-37-12-38-41(24)23(18)11-36)8-22(25)39-27(42)14-5-15(29(33,34)35)9-17(32)6-14/h1-10,12,26H,(H2,39,40,42,43)/p+1/t26-/m0/s1. The van der Waals surface area contributed by atoms with E-state index in [1.165, 1.54) is 29.0 Å². The Bertz CT molecular complexity index is 2030. The molecule has 1 atom stereocenters. The van der Waals surface area contributed by atoms with Gasteiger partial charge < -0.3 is 10.6 Å². The number of H-pyrrole nitrogens is 1. The van der Waals surface area contributed by atoms with Crippen LogP contribution in [0.5, 0.6) is 0 Å². The molecular formula is C29H15ClF5N6O2+. The molecule has 0 unspecified atom stereocenters. The normalized spacial score (nSPS) is 14.3. The molecule has 0 fully saturated rings. The molecule has 0 aliphatic carbocycles. The van der Waals surface area contributed by atoms with Gasteiger partial charge in [0, 0.05) is 44.6 Å². The van der Waals surface area contributed by atoms with Crippen LogP contribution in [-0.4, -0.2) is 21.9 Å². The van der Waals surface area contributed by atoms with Crippen molar-refractivity contribution >= 4 is 34.7 Å². The second kappa shape index (κ2) is 10.2. The molecule has 2 aromatic heterocycles. The van der Waals surface area contributed by atoms with Crippen molar-refractivity contribution in [3.8, 4) is 17.2 Å². The van der Waals surface area contributed by atoms with Crippen molar-refractivity contribution in [3.05, 3.63) is 117 Å². The van der Waals surface area contributed by atoms with Gasteiger partial charge in [0.15, 0.2) is 0 Å². The maximum atomic E-state index is 14.2. The fourth-order valence-corrected chi connectivity index (χ4v) is 5.24. The van der Waals surface area contributed by atoms with E-state index in [1.807, 2.05) is 0 Å². The van der Waals surface area contributed by atoms with Gasteiger partial charge in [-0.2, -0.15) is 23.5 Å². The number of hydrogen-bond donors (Lipinski definition) is 3. The van der Waals surface area contributed by atoms with Crippen molar-refractivity contribution < 1.29 is 36.1 Å². The SMILES string of the molecule is N#Cc1c(-c2cc(NC(=O)c3cc(F)cc(C(F)(F)F)c3)c3c(c2)C(=O)N[C@H]3c2cc(F)ccc2Cl)ccc2nc[nH][n+]12. The number of nitrogens with one attached hydrogen (secondary N) is 3. The molecule has 43 heavy (non-hydrogen) atoms. The number of pyridine rings is 1. The molecule has 3 heterocycles. The van der Waals surface area contributed by atoms with Gasteiger partial charge in [-0.05, 0) is 65.1 Å².